The van der Waals surface area contributed by atoms with Gasteiger partial charge in [-0.15, -0.1) is 5.10 Å². The molecule has 1 aliphatic heterocycles. The van der Waals surface area contributed by atoms with Crippen LogP contribution < -0.4 is 5.32 Å². The first kappa shape index (κ1) is 17.6. The molecule has 27 heavy (non-hydrogen) atoms. The van der Waals surface area contributed by atoms with E-state index in [1.54, 1.807) is 24.0 Å². The van der Waals surface area contributed by atoms with Gasteiger partial charge in [0.05, 0.1) is 11.6 Å². The summed E-state index contributed by atoms with van der Waals surface area (Å²) in [6.07, 6.45) is 3.67. The molecule has 1 aromatic carbocycles. The Bertz CT molecular complexity index is 859. The first-order chi connectivity index (χ1) is 13.0. The Morgan fingerprint density at radius 1 is 1.19 bits per heavy atom. The van der Waals surface area contributed by atoms with Crippen LogP contribution in [0.25, 0.3) is 5.69 Å². The number of piperidine rings is 1. The molecule has 1 aliphatic carbocycles. The lowest BCUT2D eigenvalue weighted by Crippen LogP contribution is -2.46. The molecule has 8 heteroatoms. The highest BCUT2D eigenvalue weighted by Gasteiger charge is 2.33. The largest absolute Gasteiger partial charge is 0.353 e. The van der Waals surface area contributed by atoms with Gasteiger partial charge in [-0.2, -0.15) is 0 Å². The molecule has 4 rings (SSSR count). The molecule has 142 valence electrons. The molecule has 2 amide bonds. The Morgan fingerprint density at radius 3 is 2.63 bits per heavy atom. The molecule has 0 radical (unpaired) electrons. The Balaban J connectivity index is 1.48. The summed E-state index contributed by atoms with van der Waals surface area (Å²) in [6.45, 7) is 2.73. The summed E-state index contributed by atoms with van der Waals surface area (Å²) in [7, 11) is 0. The molecule has 1 saturated heterocycles. The lowest BCUT2D eigenvalue weighted by atomic mass is 9.97. The molecule has 2 aliphatic rings. The Kier molecular flexibility index (Phi) is 4.63. The van der Waals surface area contributed by atoms with Crippen LogP contribution in [0.5, 0.6) is 0 Å². The van der Waals surface area contributed by atoms with E-state index in [4.69, 9.17) is 0 Å². The number of hydrogen-bond acceptors (Lipinski definition) is 4. The van der Waals surface area contributed by atoms with Crippen LogP contribution in [0, 0.1) is 18.7 Å². The minimum atomic E-state index is -0.336. The van der Waals surface area contributed by atoms with Crippen LogP contribution in [0.15, 0.2) is 24.3 Å². The molecule has 1 unspecified atom stereocenters. The van der Waals surface area contributed by atoms with E-state index < -0.39 is 0 Å². The smallest absolute Gasteiger partial charge is 0.293 e. The van der Waals surface area contributed by atoms with Crippen LogP contribution in [-0.2, 0) is 4.79 Å². The van der Waals surface area contributed by atoms with E-state index in [1.165, 1.54) is 16.8 Å². The van der Waals surface area contributed by atoms with Crippen LogP contribution in [0.2, 0.25) is 0 Å². The number of halogens is 1. The highest BCUT2D eigenvalue weighted by atomic mass is 19.1. The molecule has 2 aromatic rings. The molecule has 0 bridgehead atoms. The number of benzene rings is 1. The molecule has 1 aromatic heterocycles. The highest BCUT2D eigenvalue weighted by molar-refractivity contribution is 5.91. The number of likely N-dealkylation sites (tertiary alicyclic amines) is 1. The van der Waals surface area contributed by atoms with Crippen LogP contribution in [0.3, 0.4) is 0 Å². The van der Waals surface area contributed by atoms with Crippen LogP contribution in [0.1, 0.15) is 42.1 Å². The summed E-state index contributed by atoms with van der Waals surface area (Å²) in [6, 6.07) is 6.17. The van der Waals surface area contributed by atoms with Crippen molar-refractivity contribution in [2.24, 2.45) is 5.92 Å². The second kappa shape index (κ2) is 7.09. The average molecular weight is 371 g/mol. The molecule has 0 spiro atoms. The Morgan fingerprint density at radius 2 is 1.93 bits per heavy atom. The number of aryl methyl sites for hydroxylation is 1. The second-order valence-electron chi connectivity index (χ2n) is 7.24. The average Bonchev–Trinajstić information content (AvgIpc) is 3.41. The van der Waals surface area contributed by atoms with E-state index in [-0.39, 0.29) is 29.4 Å². The number of rotatable bonds is 4. The predicted octanol–water partition coefficient (Wildman–Crippen LogP) is 1.85. The van der Waals surface area contributed by atoms with Gasteiger partial charge in [0.1, 0.15) is 11.6 Å². The van der Waals surface area contributed by atoms with Crippen molar-refractivity contribution in [3.05, 3.63) is 41.7 Å². The number of nitrogens with zero attached hydrogens (tertiary/aromatic N) is 4. The number of amides is 2. The molecular formula is C19H22FN5O2. The summed E-state index contributed by atoms with van der Waals surface area (Å²) < 4.78 is 14.6. The van der Waals surface area contributed by atoms with Crippen molar-refractivity contribution in [2.75, 3.05) is 13.1 Å². The van der Waals surface area contributed by atoms with Gasteiger partial charge in [-0.05, 0) is 56.9 Å². The van der Waals surface area contributed by atoms with E-state index in [2.05, 4.69) is 15.4 Å². The van der Waals surface area contributed by atoms with Crippen molar-refractivity contribution >= 4 is 11.8 Å². The van der Waals surface area contributed by atoms with Gasteiger partial charge in [-0.1, -0.05) is 0 Å². The number of hydrogen-bond donors (Lipinski definition) is 1. The van der Waals surface area contributed by atoms with Crippen LogP contribution in [-0.4, -0.2) is 50.6 Å². The highest BCUT2D eigenvalue weighted by Crippen LogP contribution is 2.23. The minimum Gasteiger partial charge on any atom is -0.353 e. The third kappa shape index (κ3) is 3.84. The fourth-order valence-corrected chi connectivity index (χ4v) is 3.37. The molecule has 2 fully saturated rings. The standard InChI is InChI=1S/C19H22FN5O2/c1-12-21-17(23-25(12)16-8-4-14(20)5-9-16)19(27)24-10-2-3-13(11-24)18(26)22-15-6-7-15/h4-5,8-9,13,15H,2-3,6-7,10-11H2,1H3,(H,22,26). The first-order valence-corrected chi connectivity index (χ1v) is 9.30. The maximum absolute atomic E-state index is 13.1. The monoisotopic (exact) mass is 371 g/mol. The summed E-state index contributed by atoms with van der Waals surface area (Å²) in [5.74, 6) is -0.107. The van der Waals surface area contributed by atoms with E-state index in [1.807, 2.05) is 0 Å². The Hall–Kier alpha value is -2.77. The zero-order valence-electron chi connectivity index (χ0n) is 15.2. The Labute approximate surface area is 156 Å². The third-order valence-corrected chi connectivity index (χ3v) is 5.03. The van der Waals surface area contributed by atoms with Gasteiger partial charge in [0.15, 0.2) is 0 Å². The van der Waals surface area contributed by atoms with Gasteiger partial charge in [-0.25, -0.2) is 14.1 Å². The van der Waals surface area contributed by atoms with Gasteiger partial charge in [0, 0.05) is 19.1 Å². The van der Waals surface area contributed by atoms with Crippen molar-refractivity contribution < 1.29 is 14.0 Å². The maximum Gasteiger partial charge on any atom is 0.293 e. The summed E-state index contributed by atoms with van der Waals surface area (Å²) in [5.41, 5.74) is 0.640. The number of aromatic nitrogens is 3. The van der Waals surface area contributed by atoms with Gasteiger partial charge >= 0.3 is 0 Å². The van der Waals surface area contributed by atoms with Crippen molar-refractivity contribution in [1.82, 2.24) is 25.0 Å². The first-order valence-electron chi connectivity index (χ1n) is 9.30. The topological polar surface area (TPSA) is 80.1 Å². The lowest BCUT2D eigenvalue weighted by molar-refractivity contribution is -0.126. The van der Waals surface area contributed by atoms with Gasteiger partial charge in [0.25, 0.3) is 5.91 Å². The van der Waals surface area contributed by atoms with Crippen molar-refractivity contribution in [2.45, 2.75) is 38.6 Å². The molecule has 2 heterocycles. The quantitative estimate of drug-likeness (QED) is 0.889. The van der Waals surface area contributed by atoms with Gasteiger partial charge < -0.3 is 10.2 Å². The molecular weight excluding hydrogens is 349 g/mol. The zero-order chi connectivity index (χ0) is 19.0. The SMILES string of the molecule is Cc1nc(C(=O)N2CCCC(C(=O)NC3CC3)C2)nn1-c1ccc(F)cc1. The molecule has 7 nitrogen and oxygen atoms in total. The minimum absolute atomic E-state index is 0.0379. The lowest BCUT2D eigenvalue weighted by Gasteiger charge is -2.31. The van der Waals surface area contributed by atoms with Crippen molar-refractivity contribution in [3.63, 3.8) is 0 Å². The number of carbonyl (C=O) groups is 2. The van der Waals surface area contributed by atoms with Gasteiger partial charge in [0.2, 0.25) is 11.7 Å². The van der Waals surface area contributed by atoms with E-state index in [0.717, 1.165) is 25.7 Å². The van der Waals surface area contributed by atoms with Crippen molar-refractivity contribution in [1.29, 1.82) is 0 Å². The molecule has 1 saturated carbocycles. The maximum atomic E-state index is 13.1. The second-order valence-corrected chi connectivity index (χ2v) is 7.24. The number of nitrogens with one attached hydrogen (secondary N) is 1. The molecule has 1 atom stereocenters. The fraction of sp³-hybridized carbons (Fsp3) is 0.474. The predicted molar refractivity (Wildman–Crippen MR) is 95.8 cm³/mol. The van der Waals surface area contributed by atoms with Crippen LogP contribution >= 0.6 is 0 Å². The fourth-order valence-electron chi connectivity index (χ4n) is 3.37. The van der Waals surface area contributed by atoms with Crippen molar-refractivity contribution in [3.8, 4) is 5.69 Å². The van der Waals surface area contributed by atoms with E-state index >= 15 is 0 Å². The normalized spacial score (nSPS) is 19.8. The third-order valence-electron chi connectivity index (χ3n) is 5.03. The van der Waals surface area contributed by atoms with E-state index in [0.29, 0.717) is 30.6 Å². The summed E-state index contributed by atoms with van der Waals surface area (Å²) in [5, 5.41) is 7.32. The van der Waals surface area contributed by atoms with Gasteiger partial charge in [-0.3, -0.25) is 9.59 Å². The van der Waals surface area contributed by atoms with E-state index in [9.17, 15) is 14.0 Å². The van der Waals surface area contributed by atoms with Crippen LogP contribution in [0.4, 0.5) is 4.39 Å². The number of carbonyl (C=O) groups excluding carboxylic acids is 2. The molecule has 1 N–H and O–H groups in total. The summed E-state index contributed by atoms with van der Waals surface area (Å²) >= 11 is 0. The summed E-state index contributed by atoms with van der Waals surface area (Å²) in [4.78, 5) is 31.1. The zero-order valence-corrected chi connectivity index (χ0v) is 15.2.